The van der Waals surface area contributed by atoms with Crippen LogP contribution in [0.15, 0.2) is 24.5 Å². The Morgan fingerprint density at radius 2 is 2.50 bits per heavy atom. The Bertz CT molecular complexity index is 286. The predicted molar refractivity (Wildman–Crippen MR) is 42.3 cm³/mol. The van der Waals surface area contributed by atoms with Gasteiger partial charge in [0.05, 0.1) is 0 Å². The van der Waals surface area contributed by atoms with Crippen molar-refractivity contribution in [2.75, 3.05) is 6.61 Å². The molecule has 0 unspecified atom stereocenters. The molecule has 0 aliphatic carbocycles. The van der Waals surface area contributed by atoms with Crippen molar-refractivity contribution in [3.8, 4) is 0 Å². The third kappa shape index (κ3) is 1.95. The van der Waals surface area contributed by atoms with E-state index in [1.807, 2.05) is 6.92 Å². The molecule has 64 valence electrons. The largest absolute Gasteiger partial charge is 0.365 e. The summed E-state index contributed by atoms with van der Waals surface area (Å²) < 4.78 is 1.46. The third-order valence-electron chi connectivity index (χ3n) is 1.34. The zero-order valence-corrected chi connectivity index (χ0v) is 6.86. The van der Waals surface area contributed by atoms with E-state index in [1.165, 1.54) is 4.73 Å². The summed E-state index contributed by atoms with van der Waals surface area (Å²) in [6.07, 6.45) is 3.25. The van der Waals surface area contributed by atoms with Gasteiger partial charge in [0.2, 0.25) is 12.4 Å². The molecule has 1 heterocycles. The lowest BCUT2D eigenvalue weighted by molar-refractivity contribution is -0.891. The van der Waals surface area contributed by atoms with Crippen molar-refractivity contribution in [3.05, 3.63) is 30.1 Å². The number of aromatic nitrogens is 1. The molecule has 0 aliphatic heterocycles. The van der Waals surface area contributed by atoms with Crippen LogP contribution in [-0.2, 0) is 0 Å². The van der Waals surface area contributed by atoms with Gasteiger partial charge in [-0.25, -0.2) is 0 Å². The summed E-state index contributed by atoms with van der Waals surface area (Å²) in [7, 11) is 0. The summed E-state index contributed by atoms with van der Waals surface area (Å²) in [5.41, 5.74) is 5.51. The van der Waals surface area contributed by atoms with E-state index in [0.717, 1.165) is 0 Å². The van der Waals surface area contributed by atoms with E-state index in [-0.39, 0.29) is 0 Å². The lowest BCUT2D eigenvalue weighted by Gasteiger charge is -1.94. The molecule has 1 aromatic rings. The van der Waals surface area contributed by atoms with Crippen LogP contribution >= 0.6 is 0 Å². The van der Waals surface area contributed by atoms with Gasteiger partial charge in [0, 0.05) is 10.8 Å². The van der Waals surface area contributed by atoms with Crippen molar-refractivity contribution in [1.82, 2.24) is 0 Å². The fraction of sp³-hybridized carbons (Fsp3) is 0.250. The molecule has 1 aromatic heterocycles. The van der Waals surface area contributed by atoms with E-state index in [1.54, 1.807) is 24.5 Å². The fourth-order valence-corrected chi connectivity index (χ4v) is 0.830. The molecule has 0 fully saturated rings. The van der Waals surface area contributed by atoms with Gasteiger partial charge >= 0.3 is 0 Å². The zero-order valence-electron chi connectivity index (χ0n) is 6.86. The van der Waals surface area contributed by atoms with Crippen LogP contribution in [0.25, 0.3) is 0 Å². The summed E-state index contributed by atoms with van der Waals surface area (Å²) in [6.45, 7) is 2.41. The molecule has 1 amide bonds. The smallest absolute Gasteiger partial charge is 0.254 e. The molecule has 0 saturated heterocycles. The Morgan fingerprint density at radius 1 is 1.75 bits per heavy atom. The van der Waals surface area contributed by atoms with Gasteiger partial charge in [0.15, 0.2) is 6.61 Å². The maximum absolute atomic E-state index is 10.7. The van der Waals surface area contributed by atoms with E-state index < -0.39 is 5.91 Å². The van der Waals surface area contributed by atoms with Crippen LogP contribution in [-0.4, -0.2) is 12.5 Å². The number of amides is 1. The van der Waals surface area contributed by atoms with Gasteiger partial charge in [-0.1, -0.05) is 0 Å². The Labute approximate surface area is 70.5 Å². The maximum atomic E-state index is 10.7. The number of rotatable bonds is 3. The standard InChI is InChI=1S/C8H10N2O2/c1-2-12-10-5-3-4-7(6-10)8(9)11/h3-6H,2H2,1H3,(H-,9,11)/p+1. The maximum Gasteiger partial charge on any atom is 0.254 e. The van der Waals surface area contributed by atoms with Gasteiger partial charge in [-0.3, -0.25) is 9.63 Å². The number of carbonyl (C=O) groups is 1. The van der Waals surface area contributed by atoms with Crippen LogP contribution in [0.2, 0.25) is 0 Å². The Hall–Kier alpha value is -1.58. The van der Waals surface area contributed by atoms with Crippen molar-refractivity contribution in [2.45, 2.75) is 6.92 Å². The minimum Gasteiger partial charge on any atom is -0.365 e. The van der Waals surface area contributed by atoms with Crippen LogP contribution in [0, 0.1) is 0 Å². The van der Waals surface area contributed by atoms with Crippen LogP contribution in [0.1, 0.15) is 17.3 Å². The third-order valence-corrected chi connectivity index (χ3v) is 1.34. The Balaban J connectivity index is 2.88. The van der Waals surface area contributed by atoms with E-state index in [0.29, 0.717) is 12.2 Å². The zero-order chi connectivity index (χ0) is 8.97. The number of pyridine rings is 1. The highest BCUT2D eigenvalue weighted by molar-refractivity contribution is 5.92. The molecular formula is C8H11N2O2+. The fourth-order valence-electron chi connectivity index (χ4n) is 0.830. The second-order valence-corrected chi connectivity index (χ2v) is 2.23. The molecule has 0 radical (unpaired) electrons. The summed E-state index contributed by atoms with van der Waals surface area (Å²) in [4.78, 5) is 15.8. The van der Waals surface area contributed by atoms with Crippen molar-refractivity contribution in [3.63, 3.8) is 0 Å². The van der Waals surface area contributed by atoms with Gasteiger partial charge in [0.1, 0.15) is 5.56 Å². The van der Waals surface area contributed by atoms with Crippen molar-refractivity contribution in [2.24, 2.45) is 5.73 Å². The SMILES string of the molecule is CCO[n+]1cccc(C(N)=O)c1. The van der Waals surface area contributed by atoms with Crippen LogP contribution in [0.3, 0.4) is 0 Å². The van der Waals surface area contributed by atoms with Gasteiger partial charge in [-0.2, -0.15) is 0 Å². The average Bonchev–Trinajstić information content (AvgIpc) is 2.05. The van der Waals surface area contributed by atoms with Crippen LogP contribution in [0.4, 0.5) is 0 Å². The minimum atomic E-state index is -0.455. The van der Waals surface area contributed by atoms with E-state index in [2.05, 4.69) is 0 Å². The predicted octanol–water partition coefficient (Wildman–Crippen LogP) is -0.479. The molecule has 1 rings (SSSR count). The summed E-state index contributed by atoms with van der Waals surface area (Å²) in [5.74, 6) is -0.455. The molecular weight excluding hydrogens is 156 g/mol. The topological polar surface area (TPSA) is 56.2 Å². The molecule has 0 saturated carbocycles. The first kappa shape index (κ1) is 8.52. The number of nitrogens with zero attached hydrogens (tertiary/aromatic N) is 1. The van der Waals surface area contributed by atoms with E-state index in [9.17, 15) is 4.79 Å². The van der Waals surface area contributed by atoms with Crippen molar-refractivity contribution < 1.29 is 14.4 Å². The molecule has 0 bridgehead atoms. The highest BCUT2D eigenvalue weighted by Gasteiger charge is 2.06. The molecule has 0 spiro atoms. The molecule has 12 heavy (non-hydrogen) atoms. The summed E-state index contributed by atoms with van der Waals surface area (Å²) in [6, 6.07) is 3.34. The summed E-state index contributed by atoms with van der Waals surface area (Å²) in [5, 5.41) is 0. The Morgan fingerprint density at radius 3 is 3.08 bits per heavy atom. The highest BCUT2D eigenvalue weighted by Crippen LogP contribution is 1.90. The monoisotopic (exact) mass is 167 g/mol. The van der Waals surface area contributed by atoms with Crippen LogP contribution < -0.4 is 15.3 Å². The first-order valence-electron chi connectivity index (χ1n) is 3.68. The first-order valence-corrected chi connectivity index (χ1v) is 3.68. The quantitative estimate of drug-likeness (QED) is 0.618. The number of hydrogen-bond donors (Lipinski definition) is 1. The van der Waals surface area contributed by atoms with Crippen LogP contribution in [0.5, 0.6) is 0 Å². The first-order chi connectivity index (χ1) is 5.74. The normalized spacial score (nSPS) is 9.42. The minimum absolute atomic E-state index is 0.436. The van der Waals surface area contributed by atoms with Gasteiger partial charge in [0.25, 0.3) is 5.91 Å². The second-order valence-electron chi connectivity index (χ2n) is 2.23. The molecule has 4 heteroatoms. The number of hydrogen-bond acceptors (Lipinski definition) is 2. The van der Waals surface area contributed by atoms with Gasteiger partial charge < -0.3 is 5.73 Å². The number of carbonyl (C=O) groups excluding carboxylic acids is 1. The molecule has 0 aliphatic rings. The molecule has 4 nitrogen and oxygen atoms in total. The summed E-state index contributed by atoms with van der Waals surface area (Å²) >= 11 is 0. The van der Waals surface area contributed by atoms with Crippen molar-refractivity contribution >= 4 is 5.91 Å². The molecule has 2 N–H and O–H groups in total. The number of nitrogens with two attached hydrogens (primary N) is 1. The average molecular weight is 167 g/mol. The lowest BCUT2D eigenvalue weighted by atomic mass is 10.3. The van der Waals surface area contributed by atoms with Gasteiger partial charge in [-0.05, 0) is 13.0 Å². The van der Waals surface area contributed by atoms with E-state index >= 15 is 0 Å². The lowest BCUT2D eigenvalue weighted by Crippen LogP contribution is -2.42. The van der Waals surface area contributed by atoms with Gasteiger partial charge in [-0.15, -0.1) is 0 Å². The highest BCUT2D eigenvalue weighted by atomic mass is 16.7. The molecule has 0 aromatic carbocycles. The molecule has 0 atom stereocenters. The van der Waals surface area contributed by atoms with Crippen molar-refractivity contribution in [1.29, 1.82) is 0 Å². The second kappa shape index (κ2) is 3.71. The van der Waals surface area contributed by atoms with E-state index in [4.69, 9.17) is 10.6 Å². The number of primary amides is 1. The Kier molecular flexibility index (Phi) is 2.63.